The van der Waals surface area contributed by atoms with Crippen molar-refractivity contribution >= 4 is 38.9 Å². The maximum absolute atomic E-state index is 12.6. The number of sulfonamides is 1. The highest BCUT2D eigenvalue weighted by molar-refractivity contribution is 7.92. The molecule has 0 aliphatic rings. The van der Waals surface area contributed by atoms with Crippen LogP contribution in [0, 0.1) is 5.41 Å². The van der Waals surface area contributed by atoms with Crippen molar-refractivity contribution in [1.29, 1.82) is 0 Å². The number of anilines is 3. The van der Waals surface area contributed by atoms with E-state index in [9.17, 15) is 18.0 Å². The first kappa shape index (κ1) is 22.1. The van der Waals surface area contributed by atoms with Crippen LogP contribution in [-0.4, -0.2) is 20.2 Å². The molecule has 0 saturated heterocycles. The van der Waals surface area contributed by atoms with Gasteiger partial charge in [0.1, 0.15) is 6.26 Å². The number of hydrogen-bond acceptors (Lipinski definition) is 5. The lowest BCUT2D eigenvalue weighted by Crippen LogP contribution is -2.27. The molecule has 0 aliphatic carbocycles. The van der Waals surface area contributed by atoms with Gasteiger partial charge in [0.15, 0.2) is 0 Å². The zero-order valence-electron chi connectivity index (χ0n) is 17.3. The van der Waals surface area contributed by atoms with Gasteiger partial charge in [-0.25, -0.2) is 8.42 Å². The van der Waals surface area contributed by atoms with Crippen LogP contribution in [0.5, 0.6) is 0 Å². The minimum atomic E-state index is -3.83. The van der Waals surface area contributed by atoms with Crippen molar-refractivity contribution in [1.82, 2.24) is 0 Å². The lowest BCUT2D eigenvalue weighted by atomic mass is 9.95. The third-order valence-corrected chi connectivity index (χ3v) is 5.68. The molecule has 2 aromatic carbocycles. The fourth-order valence-electron chi connectivity index (χ4n) is 2.47. The van der Waals surface area contributed by atoms with E-state index in [2.05, 4.69) is 15.4 Å². The second-order valence-corrected chi connectivity index (χ2v) is 9.56. The quantitative estimate of drug-likeness (QED) is 0.527. The summed E-state index contributed by atoms with van der Waals surface area (Å²) in [5.74, 6) is -0.498. The number of carbonyl (C=O) groups excluding carboxylic acids is 2. The second kappa shape index (κ2) is 8.65. The molecule has 9 heteroatoms. The van der Waals surface area contributed by atoms with Crippen molar-refractivity contribution in [3.63, 3.8) is 0 Å². The number of nitrogens with one attached hydrogen (secondary N) is 3. The molecule has 3 N–H and O–H groups in total. The standard InChI is InChI=1S/C22H23N3O5S/c1-22(2,3)21(27)24-17-4-6-18(7-5-17)25-31(28,29)19-10-8-16(9-11-19)23-20(26)15-12-13-30-14-15/h4-14,25H,1-3H3,(H,23,26)(H,24,27). The highest BCUT2D eigenvalue weighted by Gasteiger charge is 2.21. The molecule has 31 heavy (non-hydrogen) atoms. The number of rotatable bonds is 6. The Morgan fingerprint density at radius 2 is 1.35 bits per heavy atom. The Morgan fingerprint density at radius 3 is 1.90 bits per heavy atom. The fraction of sp³-hybridized carbons (Fsp3) is 0.182. The van der Waals surface area contributed by atoms with Gasteiger partial charge in [-0.15, -0.1) is 0 Å². The van der Waals surface area contributed by atoms with Gasteiger partial charge >= 0.3 is 0 Å². The Labute approximate surface area is 180 Å². The molecule has 0 radical (unpaired) electrons. The molecule has 0 aliphatic heterocycles. The van der Waals surface area contributed by atoms with E-state index in [1.165, 1.54) is 42.9 Å². The number of furan rings is 1. The summed E-state index contributed by atoms with van der Waals surface area (Å²) < 4.78 is 32.6. The second-order valence-electron chi connectivity index (χ2n) is 7.88. The SMILES string of the molecule is CC(C)(C)C(=O)Nc1ccc(NS(=O)(=O)c2ccc(NC(=O)c3ccoc3)cc2)cc1. The summed E-state index contributed by atoms with van der Waals surface area (Å²) in [6.45, 7) is 5.41. The lowest BCUT2D eigenvalue weighted by molar-refractivity contribution is -0.123. The molecule has 3 rings (SSSR count). The van der Waals surface area contributed by atoms with E-state index < -0.39 is 15.4 Å². The van der Waals surface area contributed by atoms with Crippen LogP contribution in [0.25, 0.3) is 0 Å². The molecule has 8 nitrogen and oxygen atoms in total. The summed E-state index contributed by atoms with van der Waals surface area (Å²) in [6.07, 6.45) is 2.71. The van der Waals surface area contributed by atoms with E-state index in [0.717, 1.165) is 0 Å². The molecular formula is C22H23N3O5S. The maximum atomic E-state index is 12.6. The van der Waals surface area contributed by atoms with Gasteiger partial charge < -0.3 is 15.1 Å². The molecule has 0 unspecified atom stereocenters. The normalized spacial score (nSPS) is 11.6. The molecule has 0 saturated carbocycles. The fourth-order valence-corrected chi connectivity index (χ4v) is 3.53. The molecule has 0 spiro atoms. The molecule has 3 aromatic rings. The Morgan fingerprint density at radius 1 is 0.806 bits per heavy atom. The Balaban J connectivity index is 1.65. The van der Waals surface area contributed by atoms with Crippen LogP contribution in [0.3, 0.4) is 0 Å². The van der Waals surface area contributed by atoms with Crippen LogP contribution in [0.1, 0.15) is 31.1 Å². The van der Waals surface area contributed by atoms with Crippen molar-refractivity contribution < 1.29 is 22.4 Å². The summed E-state index contributed by atoms with van der Waals surface area (Å²) >= 11 is 0. The first-order valence-electron chi connectivity index (χ1n) is 9.42. The number of amides is 2. The largest absolute Gasteiger partial charge is 0.472 e. The van der Waals surface area contributed by atoms with Gasteiger partial charge in [0.05, 0.1) is 16.7 Å². The maximum Gasteiger partial charge on any atom is 0.261 e. The Kier molecular flexibility index (Phi) is 6.16. The van der Waals surface area contributed by atoms with Gasteiger partial charge in [0.2, 0.25) is 5.91 Å². The smallest absolute Gasteiger partial charge is 0.261 e. The van der Waals surface area contributed by atoms with Crippen LogP contribution in [0.15, 0.2) is 76.4 Å². The third-order valence-electron chi connectivity index (χ3n) is 4.28. The predicted molar refractivity (Wildman–Crippen MR) is 118 cm³/mol. The van der Waals surface area contributed by atoms with Gasteiger partial charge in [-0.3, -0.25) is 14.3 Å². The van der Waals surface area contributed by atoms with Gasteiger partial charge in [-0.05, 0) is 54.6 Å². The lowest BCUT2D eigenvalue weighted by Gasteiger charge is -2.17. The van der Waals surface area contributed by atoms with E-state index in [-0.39, 0.29) is 16.7 Å². The van der Waals surface area contributed by atoms with Crippen LogP contribution in [0.4, 0.5) is 17.1 Å². The van der Waals surface area contributed by atoms with E-state index in [0.29, 0.717) is 22.6 Å². The van der Waals surface area contributed by atoms with Gasteiger partial charge in [0.25, 0.3) is 15.9 Å². The van der Waals surface area contributed by atoms with Crippen LogP contribution >= 0.6 is 0 Å². The third kappa shape index (κ3) is 5.73. The molecule has 162 valence electrons. The monoisotopic (exact) mass is 441 g/mol. The van der Waals surface area contributed by atoms with Crippen molar-refractivity contribution in [3.8, 4) is 0 Å². The number of hydrogen-bond donors (Lipinski definition) is 3. The Bertz CT molecular complexity index is 1160. The molecule has 1 aromatic heterocycles. The van der Waals surface area contributed by atoms with Crippen molar-refractivity contribution in [2.45, 2.75) is 25.7 Å². The van der Waals surface area contributed by atoms with E-state index >= 15 is 0 Å². The molecule has 2 amide bonds. The van der Waals surface area contributed by atoms with Crippen LogP contribution < -0.4 is 15.4 Å². The summed E-state index contributed by atoms with van der Waals surface area (Å²) in [4.78, 5) is 24.1. The van der Waals surface area contributed by atoms with E-state index in [1.807, 2.05) is 0 Å². The highest BCUT2D eigenvalue weighted by Crippen LogP contribution is 2.22. The molecule has 1 heterocycles. The molecule has 0 atom stereocenters. The summed E-state index contributed by atoms with van der Waals surface area (Å²) in [5.41, 5.74) is 1.20. The first-order valence-corrected chi connectivity index (χ1v) is 10.9. The summed E-state index contributed by atoms with van der Waals surface area (Å²) in [7, 11) is -3.83. The van der Waals surface area contributed by atoms with E-state index in [1.54, 1.807) is 45.0 Å². The minimum Gasteiger partial charge on any atom is -0.472 e. The van der Waals surface area contributed by atoms with Gasteiger partial charge in [-0.1, -0.05) is 20.8 Å². The van der Waals surface area contributed by atoms with Gasteiger partial charge in [-0.2, -0.15) is 0 Å². The summed E-state index contributed by atoms with van der Waals surface area (Å²) in [5, 5.41) is 5.44. The average molecular weight is 442 g/mol. The van der Waals surface area contributed by atoms with Crippen molar-refractivity contribution in [3.05, 3.63) is 72.7 Å². The van der Waals surface area contributed by atoms with E-state index in [4.69, 9.17) is 4.42 Å². The minimum absolute atomic E-state index is 0.0407. The van der Waals surface area contributed by atoms with Crippen LogP contribution in [0.2, 0.25) is 0 Å². The Hall–Kier alpha value is -3.59. The van der Waals surface area contributed by atoms with Crippen molar-refractivity contribution in [2.75, 3.05) is 15.4 Å². The molecular weight excluding hydrogens is 418 g/mol. The number of benzene rings is 2. The topological polar surface area (TPSA) is 118 Å². The number of carbonyl (C=O) groups is 2. The zero-order valence-corrected chi connectivity index (χ0v) is 18.1. The average Bonchev–Trinajstić information content (AvgIpc) is 3.24. The molecule has 0 fully saturated rings. The first-order chi connectivity index (χ1) is 14.5. The van der Waals surface area contributed by atoms with Crippen LogP contribution in [-0.2, 0) is 14.8 Å². The van der Waals surface area contributed by atoms with Gasteiger partial charge in [0, 0.05) is 22.5 Å². The molecule has 0 bridgehead atoms. The summed E-state index contributed by atoms with van der Waals surface area (Å²) in [6, 6.07) is 13.7. The predicted octanol–water partition coefficient (Wildman–Crippen LogP) is 4.32. The highest BCUT2D eigenvalue weighted by atomic mass is 32.2. The zero-order chi connectivity index (χ0) is 22.6. The van der Waals surface area contributed by atoms with Crippen molar-refractivity contribution in [2.24, 2.45) is 5.41 Å².